The van der Waals surface area contributed by atoms with Crippen molar-refractivity contribution in [2.75, 3.05) is 11.9 Å². The van der Waals surface area contributed by atoms with Crippen LogP contribution in [0.2, 0.25) is 0 Å². The zero-order chi connectivity index (χ0) is 15.6. The van der Waals surface area contributed by atoms with Crippen LogP contribution in [-0.2, 0) is 21.2 Å². The van der Waals surface area contributed by atoms with E-state index in [9.17, 15) is 13.2 Å². The molecule has 0 atom stereocenters. The smallest absolute Gasteiger partial charge is 0.244 e. The molecule has 7 heteroatoms. The highest BCUT2D eigenvalue weighted by atomic mass is 32.2. The summed E-state index contributed by atoms with van der Waals surface area (Å²) in [4.78, 5) is 11.5. The molecule has 0 spiro atoms. The van der Waals surface area contributed by atoms with Crippen LogP contribution in [0.25, 0.3) is 0 Å². The highest BCUT2D eigenvalue weighted by Gasteiger charge is 2.28. The highest BCUT2D eigenvalue weighted by molar-refractivity contribution is 7.89. The first-order chi connectivity index (χ1) is 9.86. The predicted octanol–water partition coefficient (Wildman–Crippen LogP) is 1.49. The molecule has 0 aliphatic carbocycles. The minimum absolute atomic E-state index is 0.0635. The molecule has 0 radical (unpaired) electrons. The average Bonchev–Trinajstić information content (AvgIpc) is 2.43. The quantitative estimate of drug-likeness (QED) is 0.853. The molecule has 0 unspecified atom stereocenters. The Hall–Kier alpha value is -1.91. The maximum absolute atomic E-state index is 12.6. The summed E-state index contributed by atoms with van der Waals surface area (Å²) in [5.74, 6) is -0.0635. The first-order valence-electron chi connectivity index (χ1n) is 6.68. The molecule has 0 saturated carbocycles. The second-order valence-electron chi connectivity index (χ2n) is 5.17. The number of hydrogen-bond acceptors (Lipinski definition) is 4. The minimum Gasteiger partial charge on any atom is -0.326 e. The summed E-state index contributed by atoms with van der Waals surface area (Å²) >= 11 is 0. The Kier molecular flexibility index (Phi) is 4.30. The normalized spacial score (nSPS) is 14.7. The van der Waals surface area contributed by atoms with Crippen LogP contribution < -0.4 is 5.32 Å². The number of rotatable bonds is 4. The van der Waals surface area contributed by atoms with Gasteiger partial charge >= 0.3 is 0 Å². The van der Waals surface area contributed by atoms with Crippen LogP contribution in [0.3, 0.4) is 0 Å². The van der Waals surface area contributed by atoms with Crippen molar-refractivity contribution >= 4 is 21.6 Å². The van der Waals surface area contributed by atoms with Crippen molar-refractivity contribution in [3.05, 3.63) is 23.8 Å². The zero-order valence-electron chi connectivity index (χ0n) is 12.0. The van der Waals surface area contributed by atoms with Crippen LogP contribution in [0.15, 0.2) is 23.1 Å². The van der Waals surface area contributed by atoms with Gasteiger partial charge < -0.3 is 5.32 Å². The van der Waals surface area contributed by atoms with E-state index in [1.807, 2.05) is 6.07 Å². The first-order valence-corrected chi connectivity index (χ1v) is 8.12. The number of fused-ring (bicyclic) bond motifs is 1. The second kappa shape index (κ2) is 5.84. The lowest BCUT2D eigenvalue weighted by atomic mass is 10.0. The molecule has 1 aromatic rings. The van der Waals surface area contributed by atoms with Gasteiger partial charge in [0.2, 0.25) is 15.9 Å². The number of sulfonamides is 1. The summed E-state index contributed by atoms with van der Waals surface area (Å²) in [7, 11) is -3.71. The van der Waals surface area contributed by atoms with Crippen molar-refractivity contribution < 1.29 is 13.2 Å². The van der Waals surface area contributed by atoms with Gasteiger partial charge in [-0.25, -0.2) is 8.42 Å². The van der Waals surface area contributed by atoms with Crippen LogP contribution in [0.1, 0.15) is 25.8 Å². The molecule has 0 fully saturated rings. The van der Waals surface area contributed by atoms with Gasteiger partial charge in [0.25, 0.3) is 0 Å². The van der Waals surface area contributed by atoms with Crippen LogP contribution in [0, 0.1) is 11.3 Å². The van der Waals surface area contributed by atoms with E-state index in [1.165, 1.54) is 6.07 Å². The van der Waals surface area contributed by atoms with Gasteiger partial charge in [0.05, 0.1) is 11.0 Å². The monoisotopic (exact) mass is 307 g/mol. The molecule has 1 aromatic carbocycles. The van der Waals surface area contributed by atoms with E-state index < -0.39 is 10.0 Å². The molecule has 0 bridgehead atoms. The Bertz CT molecular complexity index is 705. The topological polar surface area (TPSA) is 90.3 Å². The third-order valence-electron chi connectivity index (χ3n) is 3.38. The van der Waals surface area contributed by atoms with Gasteiger partial charge in [-0.2, -0.15) is 9.57 Å². The number of carbonyl (C=O) groups excluding carboxylic acids is 1. The molecule has 6 nitrogen and oxygen atoms in total. The Labute approximate surface area is 124 Å². The number of nitrogens with zero attached hydrogens (tertiary/aromatic N) is 2. The fourth-order valence-electron chi connectivity index (χ4n) is 2.27. The van der Waals surface area contributed by atoms with Crippen molar-refractivity contribution in [2.45, 2.75) is 37.6 Å². The van der Waals surface area contributed by atoms with Crippen molar-refractivity contribution in [1.29, 1.82) is 5.26 Å². The standard InChI is InChI=1S/C14H17N3O3S/c1-10(2)17(8-7-15)21(19,20)12-4-5-13-11(9-12)3-6-14(18)16-13/h4-5,9-10H,3,6,8H2,1-2H3,(H,16,18). The van der Waals surface area contributed by atoms with Crippen molar-refractivity contribution in [1.82, 2.24) is 4.31 Å². The molecule has 1 N–H and O–H groups in total. The zero-order valence-corrected chi connectivity index (χ0v) is 12.8. The summed E-state index contributed by atoms with van der Waals surface area (Å²) in [5, 5.41) is 11.5. The third kappa shape index (κ3) is 3.06. The van der Waals surface area contributed by atoms with E-state index >= 15 is 0 Å². The number of hydrogen-bond donors (Lipinski definition) is 1. The van der Waals surface area contributed by atoms with Gasteiger partial charge in [-0.15, -0.1) is 0 Å². The fourth-order valence-corrected chi connectivity index (χ4v) is 3.86. The molecule has 112 valence electrons. The van der Waals surface area contributed by atoms with Gasteiger partial charge in [-0.1, -0.05) is 0 Å². The van der Waals surface area contributed by atoms with Gasteiger partial charge in [0, 0.05) is 18.2 Å². The molecular weight excluding hydrogens is 290 g/mol. The number of nitriles is 1. The van der Waals surface area contributed by atoms with Gasteiger partial charge in [0.15, 0.2) is 0 Å². The van der Waals surface area contributed by atoms with Crippen molar-refractivity contribution in [3.8, 4) is 6.07 Å². The maximum Gasteiger partial charge on any atom is 0.244 e. The Morgan fingerprint density at radius 3 is 2.71 bits per heavy atom. The summed E-state index contributed by atoms with van der Waals surface area (Å²) in [6.45, 7) is 3.27. The van der Waals surface area contributed by atoms with E-state index in [0.29, 0.717) is 18.5 Å². The Balaban J connectivity index is 2.41. The predicted molar refractivity (Wildman–Crippen MR) is 78.0 cm³/mol. The lowest BCUT2D eigenvalue weighted by Gasteiger charge is -2.24. The van der Waals surface area contributed by atoms with Crippen LogP contribution in [0.5, 0.6) is 0 Å². The second-order valence-corrected chi connectivity index (χ2v) is 7.06. The maximum atomic E-state index is 12.6. The first kappa shape index (κ1) is 15.5. The van der Waals surface area contributed by atoms with Crippen LogP contribution >= 0.6 is 0 Å². The Morgan fingerprint density at radius 2 is 2.10 bits per heavy atom. The van der Waals surface area contributed by atoms with Crippen LogP contribution in [0.4, 0.5) is 5.69 Å². The number of amides is 1. The van der Waals surface area contributed by atoms with E-state index in [-0.39, 0.29) is 23.4 Å². The minimum atomic E-state index is -3.71. The average molecular weight is 307 g/mol. The highest BCUT2D eigenvalue weighted by Crippen LogP contribution is 2.27. The van der Waals surface area contributed by atoms with Crippen molar-refractivity contribution in [2.24, 2.45) is 0 Å². The van der Waals surface area contributed by atoms with Gasteiger partial charge in [-0.3, -0.25) is 4.79 Å². The summed E-state index contributed by atoms with van der Waals surface area (Å²) in [6, 6.07) is 6.23. The van der Waals surface area contributed by atoms with E-state index in [4.69, 9.17) is 5.26 Å². The summed E-state index contributed by atoms with van der Waals surface area (Å²) in [5.41, 5.74) is 1.46. The molecule has 2 rings (SSSR count). The fraction of sp³-hybridized carbons (Fsp3) is 0.429. The SMILES string of the molecule is CC(C)N(CC#N)S(=O)(=O)c1ccc2c(c1)CCC(=O)N2. The number of aryl methyl sites for hydroxylation is 1. The molecule has 21 heavy (non-hydrogen) atoms. The Morgan fingerprint density at radius 1 is 1.38 bits per heavy atom. The number of nitrogens with one attached hydrogen (secondary N) is 1. The van der Waals surface area contributed by atoms with Gasteiger partial charge in [0.1, 0.15) is 6.54 Å². The lowest BCUT2D eigenvalue weighted by Crippen LogP contribution is -2.37. The number of anilines is 1. The van der Waals surface area contributed by atoms with E-state index in [1.54, 1.807) is 26.0 Å². The van der Waals surface area contributed by atoms with E-state index in [2.05, 4.69) is 5.32 Å². The summed E-state index contributed by atoms with van der Waals surface area (Å²) in [6.07, 6.45) is 0.868. The summed E-state index contributed by atoms with van der Waals surface area (Å²) < 4.78 is 26.4. The molecule has 1 heterocycles. The van der Waals surface area contributed by atoms with Gasteiger partial charge in [-0.05, 0) is 44.0 Å². The number of benzene rings is 1. The molecule has 1 aliphatic rings. The third-order valence-corrected chi connectivity index (χ3v) is 5.40. The molecule has 1 aliphatic heterocycles. The van der Waals surface area contributed by atoms with Crippen LogP contribution in [-0.4, -0.2) is 31.2 Å². The van der Waals surface area contributed by atoms with E-state index in [0.717, 1.165) is 9.87 Å². The molecule has 0 aromatic heterocycles. The largest absolute Gasteiger partial charge is 0.326 e. The van der Waals surface area contributed by atoms with Crippen molar-refractivity contribution in [3.63, 3.8) is 0 Å². The lowest BCUT2D eigenvalue weighted by molar-refractivity contribution is -0.116. The number of carbonyl (C=O) groups is 1. The molecule has 1 amide bonds. The molecular formula is C14H17N3O3S. The molecule has 0 saturated heterocycles.